The second-order valence-corrected chi connectivity index (χ2v) is 5.39. The molecule has 0 aliphatic heterocycles. The molecular weight excluding hydrogens is 228 g/mol. The second kappa shape index (κ2) is 4.20. The van der Waals surface area contributed by atoms with E-state index in [9.17, 15) is 4.79 Å². The van der Waals surface area contributed by atoms with Gasteiger partial charge >= 0.3 is 0 Å². The summed E-state index contributed by atoms with van der Waals surface area (Å²) in [5.74, 6) is 0.0770. The Morgan fingerprint density at radius 2 is 2.33 bits per heavy atom. The van der Waals surface area contributed by atoms with E-state index in [0.717, 1.165) is 27.0 Å². The molecule has 2 aromatic rings. The summed E-state index contributed by atoms with van der Waals surface area (Å²) in [6.45, 7) is 3.54. The van der Waals surface area contributed by atoms with Crippen molar-refractivity contribution in [2.75, 3.05) is 0 Å². The van der Waals surface area contributed by atoms with Crippen LogP contribution in [-0.2, 0) is 6.42 Å². The monoisotopic (exact) mass is 238 g/mol. The smallest absolute Gasteiger partial charge is 0.171 e. The number of carbonyl (C=O) groups is 1. The lowest BCUT2D eigenvalue weighted by Gasteiger charge is -1.89. The summed E-state index contributed by atoms with van der Waals surface area (Å²) < 4.78 is 0. The number of rotatable bonds is 3. The predicted octanol–water partition coefficient (Wildman–Crippen LogP) is 2.70. The highest BCUT2D eigenvalue weighted by Gasteiger charge is 2.07. The quantitative estimate of drug-likeness (QED) is 0.772. The fourth-order valence-corrected chi connectivity index (χ4v) is 2.64. The largest absolute Gasteiger partial charge is 0.294 e. The van der Waals surface area contributed by atoms with Crippen LogP contribution in [0.3, 0.4) is 0 Å². The minimum absolute atomic E-state index is 0.0770. The molecule has 0 N–H and O–H groups in total. The van der Waals surface area contributed by atoms with Gasteiger partial charge in [0.15, 0.2) is 5.78 Å². The number of ketones is 1. The van der Waals surface area contributed by atoms with Gasteiger partial charge in [0.05, 0.1) is 20.6 Å². The molecule has 78 valence electrons. The second-order valence-electron chi connectivity index (χ2n) is 3.21. The van der Waals surface area contributed by atoms with Crippen LogP contribution < -0.4 is 0 Å². The van der Waals surface area contributed by atoms with Crippen molar-refractivity contribution in [1.29, 1.82) is 0 Å². The van der Waals surface area contributed by atoms with Gasteiger partial charge in [-0.05, 0) is 6.92 Å². The third-order valence-electron chi connectivity index (χ3n) is 1.90. The van der Waals surface area contributed by atoms with E-state index in [-0.39, 0.29) is 5.78 Å². The van der Waals surface area contributed by atoms with Gasteiger partial charge in [0.1, 0.15) is 0 Å². The van der Waals surface area contributed by atoms with Crippen molar-refractivity contribution in [3.8, 4) is 0 Å². The normalized spacial score (nSPS) is 10.5. The van der Waals surface area contributed by atoms with Crippen molar-refractivity contribution in [2.24, 2.45) is 0 Å². The first kappa shape index (κ1) is 10.4. The molecule has 2 rings (SSSR count). The van der Waals surface area contributed by atoms with Gasteiger partial charge in [-0.15, -0.1) is 22.7 Å². The van der Waals surface area contributed by atoms with Gasteiger partial charge in [0.25, 0.3) is 0 Å². The lowest BCUT2D eigenvalue weighted by Crippen LogP contribution is -1.86. The molecule has 2 aromatic heterocycles. The molecule has 3 nitrogen and oxygen atoms in total. The molecule has 0 atom stereocenters. The lowest BCUT2D eigenvalue weighted by molar-refractivity contribution is 0.102. The first-order valence-corrected chi connectivity index (χ1v) is 6.21. The van der Waals surface area contributed by atoms with Crippen LogP contribution in [0.5, 0.6) is 0 Å². The van der Waals surface area contributed by atoms with Crippen LogP contribution in [0.4, 0.5) is 0 Å². The Bertz CT molecular complexity index is 487. The van der Waals surface area contributed by atoms with Gasteiger partial charge in [0.2, 0.25) is 0 Å². The highest BCUT2D eigenvalue weighted by Crippen LogP contribution is 2.18. The average molecular weight is 238 g/mol. The van der Waals surface area contributed by atoms with Gasteiger partial charge in [-0.1, -0.05) is 0 Å². The van der Waals surface area contributed by atoms with Crippen LogP contribution in [-0.4, -0.2) is 15.8 Å². The van der Waals surface area contributed by atoms with E-state index in [1.165, 1.54) is 11.3 Å². The Hall–Kier alpha value is -1.07. The maximum atomic E-state index is 11.1. The van der Waals surface area contributed by atoms with Crippen LogP contribution in [0.15, 0.2) is 11.6 Å². The number of Topliss-reactive ketones (excluding diaryl/α,β-unsaturated/α-hetero) is 1. The molecule has 0 saturated carbocycles. The van der Waals surface area contributed by atoms with Gasteiger partial charge in [-0.3, -0.25) is 4.79 Å². The molecule has 0 unspecified atom stereocenters. The van der Waals surface area contributed by atoms with Crippen LogP contribution >= 0.6 is 22.7 Å². The van der Waals surface area contributed by atoms with Gasteiger partial charge < -0.3 is 0 Å². The van der Waals surface area contributed by atoms with E-state index >= 15 is 0 Å². The van der Waals surface area contributed by atoms with E-state index in [1.54, 1.807) is 24.5 Å². The number of aromatic nitrogens is 2. The molecule has 0 fully saturated rings. The summed E-state index contributed by atoms with van der Waals surface area (Å²) in [5, 5.41) is 4.04. The molecular formula is C10H10N2OS2. The molecule has 0 amide bonds. The Kier molecular flexibility index (Phi) is 2.93. The SMILES string of the molecule is CC(=O)c1cnc(Cc2csc(C)n2)s1. The first-order valence-electron chi connectivity index (χ1n) is 4.52. The Morgan fingerprint density at radius 3 is 2.87 bits per heavy atom. The van der Waals surface area contributed by atoms with Crippen LogP contribution in [0, 0.1) is 6.92 Å². The summed E-state index contributed by atoms with van der Waals surface area (Å²) >= 11 is 3.08. The van der Waals surface area contributed by atoms with E-state index in [1.807, 2.05) is 12.3 Å². The molecule has 2 heterocycles. The van der Waals surface area contributed by atoms with E-state index in [4.69, 9.17) is 0 Å². The molecule has 5 heteroatoms. The van der Waals surface area contributed by atoms with Crippen LogP contribution in [0.2, 0.25) is 0 Å². The van der Waals surface area contributed by atoms with E-state index in [0.29, 0.717) is 0 Å². The summed E-state index contributed by atoms with van der Waals surface area (Å²) in [4.78, 5) is 20.4. The number of carbonyl (C=O) groups excluding carboxylic acids is 1. The van der Waals surface area contributed by atoms with Gasteiger partial charge in [-0.2, -0.15) is 0 Å². The summed E-state index contributed by atoms with van der Waals surface area (Å²) in [5.41, 5.74) is 1.03. The predicted molar refractivity (Wildman–Crippen MR) is 61.8 cm³/mol. The molecule has 0 bridgehead atoms. The van der Waals surface area contributed by atoms with E-state index in [2.05, 4.69) is 9.97 Å². The van der Waals surface area contributed by atoms with Gasteiger partial charge in [0, 0.05) is 24.9 Å². The summed E-state index contributed by atoms with van der Waals surface area (Å²) in [6, 6.07) is 0. The molecule has 0 aromatic carbocycles. The van der Waals surface area contributed by atoms with Gasteiger partial charge in [-0.25, -0.2) is 9.97 Å². The Morgan fingerprint density at radius 1 is 1.53 bits per heavy atom. The van der Waals surface area contributed by atoms with Crippen LogP contribution in [0.1, 0.15) is 32.3 Å². The van der Waals surface area contributed by atoms with Crippen molar-refractivity contribution >= 4 is 28.5 Å². The maximum Gasteiger partial charge on any atom is 0.171 e. The fourth-order valence-electron chi connectivity index (χ4n) is 1.20. The molecule has 0 aliphatic carbocycles. The molecule has 15 heavy (non-hydrogen) atoms. The summed E-state index contributed by atoms with van der Waals surface area (Å²) in [7, 11) is 0. The highest BCUT2D eigenvalue weighted by atomic mass is 32.1. The van der Waals surface area contributed by atoms with Crippen molar-refractivity contribution in [1.82, 2.24) is 9.97 Å². The number of hydrogen-bond acceptors (Lipinski definition) is 5. The molecule has 0 spiro atoms. The minimum Gasteiger partial charge on any atom is -0.294 e. The number of thiazole rings is 2. The third kappa shape index (κ3) is 2.49. The zero-order chi connectivity index (χ0) is 10.8. The van der Waals surface area contributed by atoms with Crippen molar-refractivity contribution in [3.63, 3.8) is 0 Å². The molecule has 0 radical (unpaired) electrons. The zero-order valence-electron chi connectivity index (χ0n) is 8.48. The van der Waals surface area contributed by atoms with Crippen molar-refractivity contribution in [3.05, 3.63) is 32.2 Å². The Labute approximate surface area is 95.8 Å². The van der Waals surface area contributed by atoms with Crippen molar-refractivity contribution in [2.45, 2.75) is 20.3 Å². The highest BCUT2D eigenvalue weighted by molar-refractivity contribution is 7.13. The average Bonchev–Trinajstić information content (AvgIpc) is 2.76. The Balaban J connectivity index is 2.14. The number of hydrogen-bond donors (Lipinski definition) is 0. The lowest BCUT2D eigenvalue weighted by atomic mass is 10.3. The minimum atomic E-state index is 0.0770. The van der Waals surface area contributed by atoms with E-state index < -0.39 is 0 Å². The fraction of sp³-hybridized carbons (Fsp3) is 0.300. The standard InChI is InChI=1S/C10H10N2OS2/c1-6(13)9-4-11-10(15-9)3-8-5-14-7(2)12-8/h4-5H,3H2,1-2H3. The van der Waals surface area contributed by atoms with Crippen molar-refractivity contribution < 1.29 is 4.79 Å². The third-order valence-corrected chi connectivity index (χ3v) is 3.82. The molecule has 0 saturated heterocycles. The topological polar surface area (TPSA) is 42.9 Å². The van der Waals surface area contributed by atoms with Crippen LogP contribution in [0.25, 0.3) is 0 Å². The molecule has 0 aliphatic rings. The first-order chi connectivity index (χ1) is 7.15. The number of aryl methyl sites for hydroxylation is 1. The number of nitrogens with zero attached hydrogens (tertiary/aromatic N) is 2. The maximum absolute atomic E-state index is 11.1. The summed E-state index contributed by atoms with van der Waals surface area (Å²) in [6.07, 6.45) is 2.36. The zero-order valence-corrected chi connectivity index (χ0v) is 10.1.